The van der Waals surface area contributed by atoms with E-state index in [1.807, 2.05) is 0 Å². The molecule has 0 bridgehead atoms. The van der Waals surface area contributed by atoms with Gasteiger partial charge in [0.05, 0.1) is 18.3 Å². The van der Waals surface area contributed by atoms with Crippen molar-refractivity contribution in [1.82, 2.24) is 0 Å². The Labute approximate surface area is 174 Å². The van der Waals surface area contributed by atoms with Crippen LogP contribution in [0.25, 0.3) is 0 Å². The zero-order valence-corrected chi connectivity index (χ0v) is 16.9. The topological polar surface area (TPSA) is 146 Å². The lowest BCUT2D eigenvalue weighted by Gasteiger charge is -2.42. The molecule has 0 radical (unpaired) electrons. The van der Waals surface area contributed by atoms with Crippen LogP contribution in [0.4, 0.5) is 0 Å². The number of carbonyl (C=O) groups excluding carboxylic acids is 1. The molecule has 2 aliphatic heterocycles. The van der Waals surface area contributed by atoms with Crippen molar-refractivity contribution in [3.8, 4) is 0 Å². The highest BCUT2D eigenvalue weighted by molar-refractivity contribution is 5.90. The van der Waals surface area contributed by atoms with Crippen LogP contribution in [0.15, 0.2) is 24.3 Å². The number of aliphatic hydroxyl groups excluding tert-OH is 4. The standard InChI is InChI=1S/C21H30O9/c1-8-4-5-10-9(2)19(26)30-18(10)14-11(8)6-13(21(14,3)27)29-20-17(25)16(24)15(23)12(7-22)28-20/h10-18,20,22-25,27H,1-2,4-7H2,3H3/t10-,11-,12+,13-,14-,15+,16-,17+,18-,20+,21+/m0/s1. The van der Waals surface area contributed by atoms with Gasteiger partial charge in [0.15, 0.2) is 6.29 Å². The number of fused-ring (bicyclic) bond motifs is 3. The van der Waals surface area contributed by atoms with E-state index >= 15 is 0 Å². The van der Waals surface area contributed by atoms with E-state index in [-0.39, 0.29) is 11.8 Å². The molecule has 2 saturated carbocycles. The third-order valence-corrected chi connectivity index (χ3v) is 7.38. The number of hydrogen-bond acceptors (Lipinski definition) is 9. The van der Waals surface area contributed by atoms with E-state index < -0.39 is 67.0 Å². The van der Waals surface area contributed by atoms with Crippen LogP contribution in [-0.4, -0.2) is 86.6 Å². The van der Waals surface area contributed by atoms with Crippen molar-refractivity contribution in [2.75, 3.05) is 6.61 Å². The molecule has 5 N–H and O–H groups in total. The summed E-state index contributed by atoms with van der Waals surface area (Å²) in [7, 11) is 0. The Morgan fingerprint density at radius 1 is 1.17 bits per heavy atom. The van der Waals surface area contributed by atoms with E-state index in [0.717, 1.165) is 5.57 Å². The van der Waals surface area contributed by atoms with E-state index in [9.17, 15) is 30.3 Å². The monoisotopic (exact) mass is 426 g/mol. The summed E-state index contributed by atoms with van der Waals surface area (Å²) in [5.74, 6) is -1.31. The molecule has 0 aromatic rings. The van der Waals surface area contributed by atoms with E-state index in [1.54, 1.807) is 6.92 Å². The van der Waals surface area contributed by atoms with Gasteiger partial charge in [-0.3, -0.25) is 0 Å². The number of allylic oxidation sites excluding steroid dienone is 1. The molecule has 4 aliphatic rings. The van der Waals surface area contributed by atoms with E-state index in [0.29, 0.717) is 24.8 Å². The molecule has 2 heterocycles. The van der Waals surface area contributed by atoms with Gasteiger partial charge in [0, 0.05) is 17.4 Å². The van der Waals surface area contributed by atoms with Gasteiger partial charge in [-0.1, -0.05) is 18.7 Å². The van der Waals surface area contributed by atoms with Gasteiger partial charge in [-0.25, -0.2) is 4.79 Å². The highest BCUT2D eigenvalue weighted by Gasteiger charge is 2.62. The lowest BCUT2D eigenvalue weighted by Crippen LogP contribution is -2.60. The summed E-state index contributed by atoms with van der Waals surface area (Å²) in [5.41, 5.74) is -0.120. The fourth-order valence-electron chi connectivity index (χ4n) is 5.57. The van der Waals surface area contributed by atoms with Crippen molar-refractivity contribution in [3.63, 3.8) is 0 Å². The molecule has 4 rings (SSSR count). The molecule has 0 aromatic heterocycles. The molecule has 9 nitrogen and oxygen atoms in total. The molecule has 9 heteroatoms. The molecule has 11 atom stereocenters. The van der Waals surface area contributed by atoms with Crippen LogP contribution < -0.4 is 0 Å². The van der Waals surface area contributed by atoms with Crippen LogP contribution in [0.3, 0.4) is 0 Å². The number of ether oxygens (including phenoxy) is 3. The minimum atomic E-state index is -1.57. The maximum absolute atomic E-state index is 12.1. The number of carbonyl (C=O) groups is 1. The van der Waals surface area contributed by atoms with Gasteiger partial charge < -0.3 is 39.7 Å². The summed E-state index contributed by atoms with van der Waals surface area (Å²) in [6.07, 6.45) is -6.77. The second kappa shape index (κ2) is 7.67. The van der Waals surface area contributed by atoms with Crippen LogP contribution in [0.5, 0.6) is 0 Å². The molecule has 2 saturated heterocycles. The molecule has 30 heavy (non-hydrogen) atoms. The van der Waals surface area contributed by atoms with Gasteiger partial charge in [-0.2, -0.15) is 0 Å². The van der Waals surface area contributed by atoms with E-state index in [2.05, 4.69) is 13.2 Å². The Kier molecular flexibility index (Phi) is 5.59. The predicted molar refractivity (Wildman–Crippen MR) is 102 cm³/mol. The molecule has 0 amide bonds. The fraction of sp³-hybridized carbons (Fsp3) is 0.762. The molecular formula is C21H30O9. The number of rotatable bonds is 3. The summed E-state index contributed by atoms with van der Waals surface area (Å²) in [4.78, 5) is 12.1. The Hall–Kier alpha value is -1.33. The first-order chi connectivity index (χ1) is 14.1. The van der Waals surface area contributed by atoms with Crippen LogP contribution in [0.1, 0.15) is 26.2 Å². The summed E-state index contributed by atoms with van der Waals surface area (Å²) in [5, 5.41) is 51.2. The molecular weight excluding hydrogens is 396 g/mol. The Bertz CT molecular complexity index is 732. The van der Waals surface area contributed by atoms with Crippen LogP contribution in [-0.2, 0) is 19.0 Å². The second-order valence-corrected chi connectivity index (χ2v) is 9.11. The smallest absolute Gasteiger partial charge is 0.334 e. The normalized spacial score (nSPS) is 51.3. The average molecular weight is 426 g/mol. The zero-order chi connectivity index (χ0) is 22.0. The lowest BCUT2D eigenvalue weighted by atomic mass is 9.77. The first-order valence-electron chi connectivity index (χ1n) is 10.3. The molecule has 168 valence electrons. The van der Waals surface area contributed by atoms with Gasteiger partial charge in [-0.05, 0) is 32.1 Å². The summed E-state index contributed by atoms with van der Waals surface area (Å²) >= 11 is 0. The minimum absolute atomic E-state index is 0.177. The third-order valence-electron chi connectivity index (χ3n) is 7.38. The van der Waals surface area contributed by atoms with Crippen molar-refractivity contribution in [2.45, 2.75) is 74.7 Å². The fourth-order valence-corrected chi connectivity index (χ4v) is 5.57. The third kappa shape index (κ3) is 3.24. The van der Waals surface area contributed by atoms with Gasteiger partial charge in [0.1, 0.15) is 30.5 Å². The maximum Gasteiger partial charge on any atom is 0.334 e. The first kappa shape index (κ1) is 21.9. The van der Waals surface area contributed by atoms with Crippen LogP contribution in [0, 0.1) is 17.8 Å². The summed E-state index contributed by atoms with van der Waals surface area (Å²) in [6, 6.07) is 0. The van der Waals surface area contributed by atoms with Crippen LogP contribution >= 0.6 is 0 Å². The summed E-state index contributed by atoms with van der Waals surface area (Å²) in [6.45, 7) is 9.05. The van der Waals surface area contributed by atoms with E-state index in [1.165, 1.54) is 0 Å². The molecule has 0 aromatic carbocycles. The average Bonchev–Trinajstić information content (AvgIpc) is 3.06. The molecule has 4 fully saturated rings. The maximum atomic E-state index is 12.1. The van der Waals surface area contributed by atoms with Gasteiger partial charge in [-0.15, -0.1) is 0 Å². The van der Waals surface area contributed by atoms with Gasteiger partial charge in [0.25, 0.3) is 0 Å². The van der Waals surface area contributed by atoms with Crippen molar-refractivity contribution >= 4 is 5.97 Å². The Balaban J connectivity index is 1.59. The molecule has 2 aliphatic carbocycles. The van der Waals surface area contributed by atoms with Gasteiger partial charge in [0.2, 0.25) is 0 Å². The molecule has 0 unspecified atom stereocenters. The Morgan fingerprint density at radius 2 is 1.87 bits per heavy atom. The van der Waals surface area contributed by atoms with Crippen molar-refractivity contribution in [1.29, 1.82) is 0 Å². The van der Waals surface area contributed by atoms with Crippen molar-refractivity contribution < 1.29 is 44.5 Å². The summed E-state index contributed by atoms with van der Waals surface area (Å²) < 4.78 is 17.0. The number of hydrogen-bond donors (Lipinski definition) is 5. The van der Waals surface area contributed by atoms with Crippen molar-refractivity contribution in [2.24, 2.45) is 17.8 Å². The van der Waals surface area contributed by atoms with Crippen molar-refractivity contribution in [3.05, 3.63) is 24.3 Å². The van der Waals surface area contributed by atoms with E-state index in [4.69, 9.17) is 14.2 Å². The Morgan fingerprint density at radius 3 is 2.53 bits per heavy atom. The second-order valence-electron chi connectivity index (χ2n) is 9.11. The highest BCUT2D eigenvalue weighted by Crippen LogP contribution is 2.55. The largest absolute Gasteiger partial charge is 0.458 e. The predicted octanol–water partition coefficient (Wildman–Crippen LogP) is -0.994. The lowest BCUT2D eigenvalue weighted by molar-refractivity contribution is -0.322. The molecule has 0 spiro atoms. The quantitative estimate of drug-likeness (QED) is 0.218. The number of aliphatic hydroxyl groups is 5. The number of esters is 1. The highest BCUT2D eigenvalue weighted by atomic mass is 16.7. The van der Waals surface area contributed by atoms with Crippen LogP contribution in [0.2, 0.25) is 0 Å². The van der Waals surface area contributed by atoms with Gasteiger partial charge >= 0.3 is 5.97 Å². The SMILES string of the molecule is C=C1C(=O)O[C@@H]2[C@@H]3[C@@H](C[C@H](O[C@H]4O[C@H](CO)[C@@H](O)[C@H](O)[C@H]4O)[C@@]3(C)O)C(=C)CC[C@@H]12. The minimum Gasteiger partial charge on any atom is -0.458 e. The zero-order valence-electron chi connectivity index (χ0n) is 16.9. The first-order valence-corrected chi connectivity index (χ1v) is 10.3.